The zero-order valence-corrected chi connectivity index (χ0v) is 10.6. The number of nitrogens with zero attached hydrogens (tertiary/aromatic N) is 1. The first kappa shape index (κ1) is 11.5. The van der Waals surface area contributed by atoms with Crippen LogP contribution in [0.25, 0.3) is 10.1 Å². The molecule has 1 saturated heterocycles. The van der Waals surface area contributed by atoms with Crippen molar-refractivity contribution in [2.45, 2.75) is 0 Å². The molecule has 1 aliphatic rings. The molecular formula is C13H13NO3S. The highest BCUT2D eigenvalue weighted by Gasteiger charge is 2.24. The van der Waals surface area contributed by atoms with Crippen molar-refractivity contribution < 1.29 is 14.6 Å². The fraction of sp³-hybridized carbons (Fsp3) is 0.308. The lowest BCUT2D eigenvalue weighted by atomic mass is 10.2. The number of thiophene rings is 1. The van der Waals surface area contributed by atoms with Crippen molar-refractivity contribution in [2.24, 2.45) is 0 Å². The van der Waals surface area contributed by atoms with Crippen LogP contribution in [0.15, 0.2) is 24.3 Å². The molecule has 0 saturated carbocycles. The first-order valence-electron chi connectivity index (χ1n) is 5.85. The van der Waals surface area contributed by atoms with Crippen LogP contribution in [-0.2, 0) is 4.74 Å². The summed E-state index contributed by atoms with van der Waals surface area (Å²) in [7, 11) is 0. The summed E-state index contributed by atoms with van der Waals surface area (Å²) >= 11 is 1.34. The fourth-order valence-corrected chi connectivity index (χ4v) is 3.15. The lowest BCUT2D eigenvalue weighted by Gasteiger charge is -2.26. The second kappa shape index (κ2) is 4.59. The number of benzene rings is 1. The van der Waals surface area contributed by atoms with Crippen LogP contribution in [0.1, 0.15) is 9.67 Å². The van der Waals surface area contributed by atoms with Crippen LogP contribution in [0.4, 0.5) is 0 Å². The molecule has 1 aromatic heterocycles. The van der Waals surface area contributed by atoms with Gasteiger partial charge in [-0.3, -0.25) is 4.79 Å². The van der Waals surface area contributed by atoms with Gasteiger partial charge in [-0.1, -0.05) is 12.1 Å². The summed E-state index contributed by atoms with van der Waals surface area (Å²) in [6.07, 6.45) is 0. The molecule has 0 spiro atoms. The molecule has 1 aliphatic heterocycles. The number of hydrogen-bond acceptors (Lipinski definition) is 4. The fourth-order valence-electron chi connectivity index (χ4n) is 2.09. The predicted molar refractivity (Wildman–Crippen MR) is 70.2 cm³/mol. The largest absolute Gasteiger partial charge is 0.506 e. The second-order valence-electron chi connectivity index (χ2n) is 4.18. The van der Waals surface area contributed by atoms with E-state index in [9.17, 15) is 9.90 Å². The van der Waals surface area contributed by atoms with Crippen molar-refractivity contribution in [1.29, 1.82) is 0 Å². The molecule has 0 radical (unpaired) electrons. The summed E-state index contributed by atoms with van der Waals surface area (Å²) in [4.78, 5) is 14.5. The van der Waals surface area contributed by atoms with Gasteiger partial charge in [-0.15, -0.1) is 11.3 Å². The molecule has 0 bridgehead atoms. The zero-order valence-electron chi connectivity index (χ0n) is 9.76. The minimum absolute atomic E-state index is 0.1000. The number of fused-ring (bicyclic) bond motifs is 1. The Labute approximate surface area is 108 Å². The van der Waals surface area contributed by atoms with Crippen molar-refractivity contribution in [2.75, 3.05) is 26.3 Å². The van der Waals surface area contributed by atoms with Gasteiger partial charge in [0.1, 0.15) is 10.6 Å². The molecule has 0 atom stereocenters. The smallest absolute Gasteiger partial charge is 0.267 e. The maximum atomic E-state index is 12.3. The number of amides is 1. The van der Waals surface area contributed by atoms with Gasteiger partial charge in [0.2, 0.25) is 0 Å². The molecule has 1 amide bonds. The Morgan fingerprint density at radius 2 is 2.00 bits per heavy atom. The van der Waals surface area contributed by atoms with Crippen LogP contribution in [-0.4, -0.2) is 42.2 Å². The third-order valence-electron chi connectivity index (χ3n) is 3.06. The summed E-state index contributed by atoms with van der Waals surface area (Å²) in [6.45, 7) is 2.31. The lowest BCUT2D eigenvalue weighted by Crippen LogP contribution is -2.40. The summed E-state index contributed by atoms with van der Waals surface area (Å²) < 4.78 is 6.16. The number of carbonyl (C=O) groups is 1. The minimum Gasteiger partial charge on any atom is -0.506 e. The van der Waals surface area contributed by atoms with E-state index < -0.39 is 0 Å². The quantitative estimate of drug-likeness (QED) is 0.857. The Hall–Kier alpha value is -1.59. The van der Waals surface area contributed by atoms with Crippen molar-refractivity contribution in [1.82, 2.24) is 4.90 Å². The third-order valence-corrected chi connectivity index (χ3v) is 4.21. The standard InChI is InChI=1S/C13H13NO3S/c15-11-9-3-1-2-4-10(9)18-12(11)13(16)14-5-7-17-8-6-14/h1-4,15H,5-8H2. The van der Waals surface area contributed by atoms with Gasteiger partial charge in [-0.2, -0.15) is 0 Å². The van der Waals surface area contributed by atoms with Gasteiger partial charge in [0.05, 0.1) is 13.2 Å². The average molecular weight is 263 g/mol. The van der Waals surface area contributed by atoms with E-state index in [0.717, 1.165) is 10.1 Å². The summed E-state index contributed by atoms with van der Waals surface area (Å²) in [5, 5.41) is 10.9. The normalized spacial score (nSPS) is 16.1. The van der Waals surface area contributed by atoms with Gasteiger partial charge in [0.15, 0.2) is 0 Å². The van der Waals surface area contributed by atoms with Crippen molar-refractivity contribution in [3.8, 4) is 5.75 Å². The zero-order chi connectivity index (χ0) is 12.5. The van der Waals surface area contributed by atoms with Crippen molar-refractivity contribution in [3.05, 3.63) is 29.1 Å². The van der Waals surface area contributed by atoms with E-state index in [-0.39, 0.29) is 11.7 Å². The maximum Gasteiger partial charge on any atom is 0.267 e. The molecule has 94 valence electrons. The third kappa shape index (κ3) is 1.85. The molecule has 4 nitrogen and oxygen atoms in total. The monoisotopic (exact) mass is 263 g/mol. The number of hydrogen-bond donors (Lipinski definition) is 1. The summed E-state index contributed by atoms with van der Waals surface area (Å²) in [5.74, 6) is 0.00379. The SMILES string of the molecule is O=C(c1sc2ccccc2c1O)N1CCOCC1. The molecule has 5 heteroatoms. The lowest BCUT2D eigenvalue weighted by molar-refractivity contribution is 0.0304. The van der Waals surface area contributed by atoms with E-state index >= 15 is 0 Å². The van der Waals surface area contributed by atoms with Crippen LogP contribution in [0.3, 0.4) is 0 Å². The van der Waals surface area contributed by atoms with E-state index in [4.69, 9.17) is 4.74 Å². The molecule has 1 fully saturated rings. The highest BCUT2D eigenvalue weighted by molar-refractivity contribution is 7.21. The van der Waals surface area contributed by atoms with E-state index in [1.807, 2.05) is 24.3 Å². The van der Waals surface area contributed by atoms with Crippen LogP contribution in [0.5, 0.6) is 5.75 Å². The first-order chi connectivity index (χ1) is 8.77. The van der Waals surface area contributed by atoms with E-state index in [1.54, 1.807) is 4.90 Å². The number of morpholine rings is 1. The summed E-state index contributed by atoms with van der Waals surface area (Å²) in [5.41, 5.74) is 0. The van der Waals surface area contributed by atoms with Crippen LogP contribution in [0, 0.1) is 0 Å². The molecule has 2 heterocycles. The van der Waals surface area contributed by atoms with Gasteiger partial charge >= 0.3 is 0 Å². The molecule has 0 aliphatic carbocycles. The molecule has 18 heavy (non-hydrogen) atoms. The Kier molecular flexibility index (Phi) is 2.93. The maximum absolute atomic E-state index is 12.3. The van der Waals surface area contributed by atoms with Gasteiger partial charge < -0.3 is 14.7 Å². The summed E-state index contributed by atoms with van der Waals surface area (Å²) in [6, 6.07) is 7.51. The molecule has 1 aromatic carbocycles. The molecule has 2 aromatic rings. The average Bonchev–Trinajstić information content (AvgIpc) is 2.77. The molecular weight excluding hydrogens is 250 g/mol. The van der Waals surface area contributed by atoms with Gasteiger partial charge in [0, 0.05) is 23.2 Å². The van der Waals surface area contributed by atoms with Gasteiger partial charge in [-0.05, 0) is 12.1 Å². The highest BCUT2D eigenvalue weighted by atomic mass is 32.1. The highest BCUT2D eigenvalue weighted by Crippen LogP contribution is 2.37. The van der Waals surface area contributed by atoms with Crippen molar-refractivity contribution in [3.63, 3.8) is 0 Å². The van der Waals surface area contributed by atoms with E-state index in [0.29, 0.717) is 31.2 Å². The Bertz CT molecular complexity index is 587. The van der Waals surface area contributed by atoms with Crippen LogP contribution < -0.4 is 0 Å². The predicted octanol–water partition coefficient (Wildman–Crippen LogP) is 2.08. The molecule has 1 N–H and O–H groups in total. The van der Waals surface area contributed by atoms with Crippen LogP contribution >= 0.6 is 11.3 Å². The topological polar surface area (TPSA) is 49.8 Å². The minimum atomic E-state index is -0.1000. The Morgan fingerprint density at radius 1 is 1.28 bits per heavy atom. The van der Waals surface area contributed by atoms with Gasteiger partial charge in [0.25, 0.3) is 5.91 Å². The number of rotatable bonds is 1. The van der Waals surface area contributed by atoms with E-state index in [2.05, 4.69) is 0 Å². The molecule has 3 rings (SSSR count). The second-order valence-corrected chi connectivity index (χ2v) is 5.23. The number of carbonyl (C=O) groups excluding carboxylic acids is 1. The Balaban J connectivity index is 1.98. The van der Waals surface area contributed by atoms with Gasteiger partial charge in [-0.25, -0.2) is 0 Å². The van der Waals surface area contributed by atoms with Crippen molar-refractivity contribution >= 4 is 27.3 Å². The van der Waals surface area contributed by atoms with E-state index in [1.165, 1.54) is 11.3 Å². The molecule has 0 unspecified atom stereocenters. The number of ether oxygens (including phenoxy) is 1. The Morgan fingerprint density at radius 3 is 2.72 bits per heavy atom. The van der Waals surface area contributed by atoms with Crippen LogP contribution in [0.2, 0.25) is 0 Å². The first-order valence-corrected chi connectivity index (χ1v) is 6.66. The number of aromatic hydroxyl groups is 1.